The molecule has 3 nitrogen and oxygen atoms in total. The fourth-order valence-electron chi connectivity index (χ4n) is 2.51. The quantitative estimate of drug-likeness (QED) is 0.892. The van der Waals surface area contributed by atoms with E-state index in [1.165, 1.54) is 24.2 Å². The van der Waals surface area contributed by atoms with Gasteiger partial charge in [0.2, 0.25) is 5.95 Å². The number of nitrogens with one attached hydrogen (secondary N) is 1. The van der Waals surface area contributed by atoms with Gasteiger partial charge in [0.25, 0.3) is 0 Å². The summed E-state index contributed by atoms with van der Waals surface area (Å²) in [5.74, 6) is 0.807. The van der Waals surface area contributed by atoms with Gasteiger partial charge in [0.1, 0.15) is 0 Å². The van der Waals surface area contributed by atoms with Crippen molar-refractivity contribution in [1.29, 1.82) is 0 Å². The number of imidazole rings is 1. The molecule has 0 atom stereocenters. The molecular formula is C14H15Cl2N3. The van der Waals surface area contributed by atoms with Gasteiger partial charge >= 0.3 is 0 Å². The van der Waals surface area contributed by atoms with Crippen molar-refractivity contribution < 1.29 is 0 Å². The van der Waals surface area contributed by atoms with E-state index in [0.717, 1.165) is 24.5 Å². The fourth-order valence-corrected chi connectivity index (χ4v) is 3.16. The highest BCUT2D eigenvalue weighted by molar-refractivity contribution is 6.39. The zero-order chi connectivity index (χ0) is 13.4. The molecule has 100 valence electrons. The van der Waals surface area contributed by atoms with Crippen LogP contribution in [0.1, 0.15) is 24.2 Å². The number of anilines is 2. The Kier molecular flexibility index (Phi) is 3.42. The molecule has 0 unspecified atom stereocenters. The van der Waals surface area contributed by atoms with Crippen LogP contribution in [0.5, 0.6) is 0 Å². The van der Waals surface area contributed by atoms with Gasteiger partial charge in [0.05, 0.1) is 21.4 Å². The molecule has 1 N–H and O–H groups in total. The number of H-pyrrole nitrogens is 1. The van der Waals surface area contributed by atoms with E-state index in [1.807, 2.05) is 30.1 Å². The molecule has 2 aromatic rings. The standard InChI is InChI=1S/C14H15Cl2N3/c1-19(13-9(15)5-4-6-10(13)16)14-17-11-7-2-3-8-12(11)18-14/h4-6H,2-3,7-8H2,1H3,(H,17,18). The lowest BCUT2D eigenvalue weighted by atomic mass is 10.0. The Labute approximate surface area is 122 Å². The molecule has 3 rings (SSSR count). The van der Waals surface area contributed by atoms with Gasteiger partial charge in [-0.25, -0.2) is 4.98 Å². The van der Waals surface area contributed by atoms with Crippen LogP contribution < -0.4 is 4.90 Å². The molecule has 1 heterocycles. The van der Waals surface area contributed by atoms with E-state index in [-0.39, 0.29) is 0 Å². The van der Waals surface area contributed by atoms with Gasteiger partial charge in [0.15, 0.2) is 0 Å². The average molecular weight is 296 g/mol. The SMILES string of the molecule is CN(c1nc2c([nH]1)CCCC2)c1c(Cl)cccc1Cl. The molecule has 0 fully saturated rings. The van der Waals surface area contributed by atoms with Gasteiger partial charge in [-0.3, -0.25) is 0 Å². The number of halogens is 2. The summed E-state index contributed by atoms with van der Waals surface area (Å²) in [4.78, 5) is 9.97. The smallest absolute Gasteiger partial charge is 0.207 e. The minimum atomic E-state index is 0.629. The fraction of sp³-hybridized carbons (Fsp3) is 0.357. The van der Waals surface area contributed by atoms with Gasteiger partial charge in [-0.1, -0.05) is 29.3 Å². The molecule has 0 aliphatic heterocycles. The number of fused-ring (bicyclic) bond motifs is 1. The molecule has 1 aromatic heterocycles. The van der Waals surface area contributed by atoms with E-state index >= 15 is 0 Å². The summed E-state index contributed by atoms with van der Waals surface area (Å²) >= 11 is 12.5. The first-order chi connectivity index (χ1) is 9.16. The van der Waals surface area contributed by atoms with Crippen molar-refractivity contribution in [2.24, 2.45) is 0 Å². The Morgan fingerprint density at radius 3 is 2.53 bits per heavy atom. The Bertz CT molecular complexity index is 563. The third kappa shape index (κ3) is 2.33. The van der Waals surface area contributed by atoms with Crippen LogP contribution in [0.15, 0.2) is 18.2 Å². The number of rotatable bonds is 2. The van der Waals surface area contributed by atoms with Crippen LogP contribution in [0.3, 0.4) is 0 Å². The van der Waals surface area contributed by atoms with E-state index in [2.05, 4.69) is 9.97 Å². The minimum absolute atomic E-state index is 0.629. The summed E-state index contributed by atoms with van der Waals surface area (Å²) in [6.45, 7) is 0. The summed E-state index contributed by atoms with van der Waals surface area (Å²) in [6, 6.07) is 5.51. The van der Waals surface area contributed by atoms with Crippen molar-refractivity contribution in [2.45, 2.75) is 25.7 Å². The monoisotopic (exact) mass is 295 g/mol. The van der Waals surface area contributed by atoms with Crippen molar-refractivity contribution in [2.75, 3.05) is 11.9 Å². The van der Waals surface area contributed by atoms with Crippen LogP contribution >= 0.6 is 23.2 Å². The highest BCUT2D eigenvalue weighted by Crippen LogP contribution is 2.36. The Morgan fingerprint density at radius 2 is 1.84 bits per heavy atom. The van der Waals surface area contributed by atoms with Crippen LogP contribution in [-0.2, 0) is 12.8 Å². The third-order valence-corrected chi connectivity index (χ3v) is 4.14. The molecule has 0 radical (unpaired) electrons. The summed E-state index contributed by atoms with van der Waals surface area (Å²) in [5.41, 5.74) is 3.21. The molecule has 1 aromatic carbocycles. The minimum Gasteiger partial charge on any atom is -0.328 e. The third-order valence-electron chi connectivity index (χ3n) is 3.53. The van der Waals surface area contributed by atoms with Gasteiger partial charge in [-0.15, -0.1) is 0 Å². The van der Waals surface area contributed by atoms with E-state index in [0.29, 0.717) is 10.0 Å². The van der Waals surface area contributed by atoms with Crippen LogP contribution in [0.2, 0.25) is 10.0 Å². The molecule has 1 aliphatic rings. The largest absolute Gasteiger partial charge is 0.328 e. The molecule has 5 heteroatoms. The van der Waals surface area contributed by atoms with Crippen molar-refractivity contribution in [3.63, 3.8) is 0 Å². The van der Waals surface area contributed by atoms with Crippen LogP contribution in [0.4, 0.5) is 11.6 Å². The lowest BCUT2D eigenvalue weighted by Gasteiger charge is -2.18. The van der Waals surface area contributed by atoms with Gasteiger partial charge in [-0.2, -0.15) is 0 Å². The first kappa shape index (κ1) is 12.8. The van der Waals surface area contributed by atoms with Crippen molar-refractivity contribution in [3.8, 4) is 0 Å². The van der Waals surface area contributed by atoms with Gasteiger partial charge in [-0.05, 0) is 37.8 Å². The number of para-hydroxylation sites is 1. The van der Waals surface area contributed by atoms with E-state index < -0.39 is 0 Å². The number of aromatic nitrogens is 2. The molecule has 0 saturated heterocycles. The van der Waals surface area contributed by atoms with Crippen molar-refractivity contribution in [3.05, 3.63) is 39.6 Å². The number of benzene rings is 1. The van der Waals surface area contributed by atoms with Crippen molar-refractivity contribution in [1.82, 2.24) is 9.97 Å². The second-order valence-electron chi connectivity index (χ2n) is 4.82. The number of hydrogen-bond donors (Lipinski definition) is 1. The van der Waals surface area contributed by atoms with Gasteiger partial charge in [0, 0.05) is 12.7 Å². The highest BCUT2D eigenvalue weighted by atomic mass is 35.5. The Hall–Kier alpha value is -1.19. The Balaban J connectivity index is 1.99. The predicted octanol–water partition coefficient (Wildman–Crippen LogP) is 4.36. The van der Waals surface area contributed by atoms with Crippen molar-refractivity contribution >= 4 is 34.8 Å². The molecule has 1 aliphatic carbocycles. The van der Waals surface area contributed by atoms with Crippen LogP contribution in [-0.4, -0.2) is 17.0 Å². The maximum atomic E-state index is 6.23. The summed E-state index contributed by atoms with van der Waals surface area (Å²) < 4.78 is 0. The molecule has 0 amide bonds. The average Bonchev–Trinajstić information content (AvgIpc) is 2.82. The Morgan fingerprint density at radius 1 is 1.16 bits per heavy atom. The zero-order valence-corrected chi connectivity index (χ0v) is 12.2. The van der Waals surface area contributed by atoms with E-state index in [1.54, 1.807) is 0 Å². The summed E-state index contributed by atoms with van der Waals surface area (Å²) in [5, 5.41) is 1.26. The second-order valence-corrected chi connectivity index (χ2v) is 5.64. The van der Waals surface area contributed by atoms with Crippen LogP contribution in [0, 0.1) is 0 Å². The summed E-state index contributed by atoms with van der Waals surface area (Å²) in [7, 11) is 1.93. The molecule has 0 bridgehead atoms. The maximum absolute atomic E-state index is 6.23. The lowest BCUT2D eigenvalue weighted by Crippen LogP contribution is -2.12. The lowest BCUT2D eigenvalue weighted by molar-refractivity contribution is 0.667. The highest BCUT2D eigenvalue weighted by Gasteiger charge is 2.19. The van der Waals surface area contributed by atoms with Crippen LogP contribution in [0.25, 0.3) is 0 Å². The summed E-state index contributed by atoms with van der Waals surface area (Å²) in [6.07, 6.45) is 4.57. The number of nitrogens with zero attached hydrogens (tertiary/aromatic N) is 2. The first-order valence-electron chi connectivity index (χ1n) is 6.42. The number of aromatic amines is 1. The molecule has 0 spiro atoms. The molecule has 0 saturated carbocycles. The van der Waals surface area contributed by atoms with E-state index in [4.69, 9.17) is 23.2 Å². The topological polar surface area (TPSA) is 31.9 Å². The second kappa shape index (κ2) is 5.06. The molecule has 19 heavy (non-hydrogen) atoms. The molecular weight excluding hydrogens is 281 g/mol. The first-order valence-corrected chi connectivity index (χ1v) is 7.18. The number of hydrogen-bond acceptors (Lipinski definition) is 2. The zero-order valence-electron chi connectivity index (χ0n) is 10.7. The van der Waals surface area contributed by atoms with E-state index in [9.17, 15) is 0 Å². The van der Waals surface area contributed by atoms with Gasteiger partial charge < -0.3 is 9.88 Å². The number of aryl methyl sites for hydroxylation is 2. The normalized spacial score (nSPS) is 14.3. The predicted molar refractivity (Wildman–Crippen MR) is 79.8 cm³/mol. The maximum Gasteiger partial charge on any atom is 0.207 e.